The van der Waals surface area contributed by atoms with E-state index in [4.69, 9.17) is 0 Å². The van der Waals surface area contributed by atoms with Gasteiger partial charge in [0.1, 0.15) is 0 Å². The van der Waals surface area contributed by atoms with Gasteiger partial charge in [0.05, 0.1) is 55.5 Å². The lowest BCUT2D eigenvalue weighted by atomic mass is 10.1. The van der Waals surface area contributed by atoms with Crippen LogP contribution in [0.1, 0.15) is 0 Å². The predicted octanol–water partition coefficient (Wildman–Crippen LogP) is 14.1. The lowest BCUT2D eigenvalue weighted by molar-refractivity contribution is 1.10. The third-order valence-electron chi connectivity index (χ3n) is 12.3. The van der Waals surface area contributed by atoms with Gasteiger partial charge in [-0.15, -0.1) is 0 Å². The lowest BCUT2D eigenvalue weighted by Gasteiger charge is -2.17. The highest BCUT2D eigenvalue weighted by molar-refractivity contribution is 6.17. The maximum Gasteiger partial charge on any atom is 0.0782 e. The SMILES string of the molecule is c1cc(-n2c3ccccc3c3cccc(-n4c5ccccc5c5ccccc54)c32)cc(-n2c3ccccc3c3cccc(-n4c5ccccc5c5ccccc54)c32)c1. The van der Waals surface area contributed by atoms with E-state index in [2.05, 4.69) is 225 Å². The molecule has 0 bridgehead atoms. The molecule has 0 saturated heterocycles. The molecule has 270 valence electrons. The maximum absolute atomic E-state index is 2.48. The van der Waals surface area contributed by atoms with Crippen LogP contribution in [0.3, 0.4) is 0 Å². The topological polar surface area (TPSA) is 19.7 Å². The molecule has 0 amide bonds. The van der Waals surface area contributed by atoms with Crippen molar-refractivity contribution in [3.8, 4) is 22.7 Å². The smallest absolute Gasteiger partial charge is 0.0782 e. The van der Waals surface area contributed by atoms with Crippen LogP contribution in [0.15, 0.2) is 206 Å². The highest BCUT2D eigenvalue weighted by Gasteiger charge is 2.22. The zero-order valence-electron chi connectivity index (χ0n) is 31.4. The van der Waals surface area contributed by atoms with Gasteiger partial charge in [0.15, 0.2) is 0 Å². The van der Waals surface area contributed by atoms with Gasteiger partial charge in [-0.25, -0.2) is 0 Å². The summed E-state index contributed by atoms with van der Waals surface area (Å²) >= 11 is 0. The van der Waals surface area contributed by atoms with Crippen molar-refractivity contribution >= 4 is 87.2 Å². The van der Waals surface area contributed by atoms with Gasteiger partial charge in [-0.2, -0.15) is 0 Å². The van der Waals surface area contributed by atoms with Gasteiger partial charge in [0, 0.05) is 54.5 Å². The fraction of sp³-hybridized carbons (Fsp3) is 0. The lowest BCUT2D eigenvalue weighted by Crippen LogP contribution is -2.03. The summed E-state index contributed by atoms with van der Waals surface area (Å²) < 4.78 is 9.87. The Kier molecular flexibility index (Phi) is 6.41. The zero-order chi connectivity index (χ0) is 37.9. The molecular weight excluding hydrogens is 705 g/mol. The first kappa shape index (κ1) is 31.4. The molecule has 0 aliphatic carbocycles. The molecule has 0 radical (unpaired) electrons. The van der Waals surface area contributed by atoms with E-state index < -0.39 is 0 Å². The molecule has 4 nitrogen and oxygen atoms in total. The minimum atomic E-state index is 1.11. The van der Waals surface area contributed by atoms with Crippen molar-refractivity contribution in [2.75, 3.05) is 0 Å². The van der Waals surface area contributed by atoms with Crippen LogP contribution in [0, 0.1) is 0 Å². The Morgan fingerprint density at radius 1 is 0.207 bits per heavy atom. The maximum atomic E-state index is 2.48. The van der Waals surface area contributed by atoms with Crippen molar-refractivity contribution < 1.29 is 0 Å². The molecule has 4 heteroatoms. The van der Waals surface area contributed by atoms with E-state index in [9.17, 15) is 0 Å². The third kappa shape index (κ3) is 4.18. The highest BCUT2D eigenvalue weighted by atomic mass is 15.1. The van der Waals surface area contributed by atoms with Crippen LogP contribution in [0.25, 0.3) is 110 Å². The average molecular weight is 739 g/mol. The van der Waals surface area contributed by atoms with Crippen molar-refractivity contribution in [3.05, 3.63) is 206 Å². The van der Waals surface area contributed by atoms with Gasteiger partial charge in [0.2, 0.25) is 0 Å². The molecule has 0 saturated carbocycles. The first-order valence-corrected chi connectivity index (χ1v) is 20.0. The molecule has 9 aromatic carbocycles. The van der Waals surface area contributed by atoms with E-state index in [1.807, 2.05) is 0 Å². The average Bonchev–Trinajstić information content (AvgIpc) is 4.02. The summed E-state index contributed by atoms with van der Waals surface area (Å²) in [5, 5.41) is 9.94. The van der Waals surface area contributed by atoms with Gasteiger partial charge in [-0.05, 0) is 66.7 Å². The van der Waals surface area contributed by atoms with Crippen LogP contribution in [0.5, 0.6) is 0 Å². The molecule has 0 unspecified atom stereocenters. The summed E-state index contributed by atoms with van der Waals surface area (Å²) in [6, 6.07) is 75.5. The third-order valence-corrected chi connectivity index (χ3v) is 12.3. The van der Waals surface area contributed by atoms with E-state index in [0.29, 0.717) is 0 Å². The predicted molar refractivity (Wildman–Crippen MR) is 244 cm³/mol. The van der Waals surface area contributed by atoms with Crippen molar-refractivity contribution in [1.82, 2.24) is 18.3 Å². The molecule has 4 aromatic heterocycles. The quantitative estimate of drug-likeness (QED) is 0.171. The molecule has 4 heterocycles. The van der Waals surface area contributed by atoms with Crippen LogP contribution >= 0.6 is 0 Å². The number of aromatic nitrogens is 4. The number of para-hydroxylation sites is 8. The van der Waals surface area contributed by atoms with E-state index >= 15 is 0 Å². The standard InChI is InChI=1S/C54H34N4/c1-9-28-47-37(18-1)38-19-2-10-29-48(38)57(47)51-32-14-24-43-41-22-5-7-26-45(41)55(53(43)51)35-16-13-17-36(34-35)56-46-27-8-6-23-42(46)44-25-15-33-52(54(44)56)58-49-30-11-3-20-39(49)40-21-4-12-31-50(40)58/h1-34H. The Labute approximate surface area is 333 Å². The number of nitrogens with zero attached hydrogens (tertiary/aromatic N) is 4. The number of rotatable bonds is 4. The summed E-state index contributed by atoms with van der Waals surface area (Å²) in [6.45, 7) is 0. The van der Waals surface area contributed by atoms with Crippen LogP contribution in [0.4, 0.5) is 0 Å². The van der Waals surface area contributed by atoms with Crippen LogP contribution < -0.4 is 0 Å². The van der Waals surface area contributed by atoms with Crippen LogP contribution in [-0.2, 0) is 0 Å². The summed E-state index contributed by atoms with van der Waals surface area (Å²) in [7, 11) is 0. The number of fused-ring (bicyclic) bond motifs is 12. The Bertz CT molecular complexity index is 3460. The van der Waals surface area contributed by atoms with Gasteiger partial charge in [-0.3, -0.25) is 0 Å². The molecule has 58 heavy (non-hydrogen) atoms. The van der Waals surface area contributed by atoms with Crippen molar-refractivity contribution in [2.45, 2.75) is 0 Å². The summed E-state index contributed by atoms with van der Waals surface area (Å²) in [5.74, 6) is 0. The number of benzene rings is 9. The molecular formula is C54H34N4. The minimum absolute atomic E-state index is 1.11. The monoisotopic (exact) mass is 738 g/mol. The highest BCUT2D eigenvalue weighted by Crippen LogP contribution is 2.42. The van der Waals surface area contributed by atoms with E-state index in [0.717, 1.165) is 22.7 Å². The molecule has 13 rings (SSSR count). The molecule has 0 N–H and O–H groups in total. The molecule has 0 atom stereocenters. The molecule has 13 aromatic rings. The van der Waals surface area contributed by atoms with Crippen molar-refractivity contribution in [3.63, 3.8) is 0 Å². The first-order chi connectivity index (χ1) is 28.8. The largest absolute Gasteiger partial charge is 0.307 e. The first-order valence-electron chi connectivity index (χ1n) is 20.0. The normalized spacial score (nSPS) is 12.1. The molecule has 0 aliphatic heterocycles. The Morgan fingerprint density at radius 2 is 0.466 bits per heavy atom. The molecule has 0 spiro atoms. The Hall–Kier alpha value is -7.82. The summed E-state index contributed by atoms with van der Waals surface area (Å²) in [5.41, 5.74) is 14.0. The van der Waals surface area contributed by atoms with Crippen molar-refractivity contribution in [1.29, 1.82) is 0 Å². The summed E-state index contributed by atoms with van der Waals surface area (Å²) in [6.07, 6.45) is 0. The minimum Gasteiger partial charge on any atom is -0.307 e. The summed E-state index contributed by atoms with van der Waals surface area (Å²) in [4.78, 5) is 0. The van der Waals surface area contributed by atoms with Gasteiger partial charge in [-0.1, -0.05) is 140 Å². The van der Waals surface area contributed by atoms with Crippen molar-refractivity contribution in [2.24, 2.45) is 0 Å². The fourth-order valence-electron chi connectivity index (χ4n) is 10.0. The second-order valence-corrected chi connectivity index (χ2v) is 15.3. The van der Waals surface area contributed by atoms with E-state index in [1.165, 1.54) is 87.2 Å². The second-order valence-electron chi connectivity index (χ2n) is 15.3. The fourth-order valence-corrected chi connectivity index (χ4v) is 10.0. The number of hydrogen-bond donors (Lipinski definition) is 0. The Morgan fingerprint density at radius 3 is 0.810 bits per heavy atom. The van der Waals surface area contributed by atoms with Gasteiger partial charge in [0.25, 0.3) is 0 Å². The van der Waals surface area contributed by atoms with Gasteiger partial charge >= 0.3 is 0 Å². The van der Waals surface area contributed by atoms with Crippen LogP contribution in [0.2, 0.25) is 0 Å². The number of hydrogen-bond acceptors (Lipinski definition) is 0. The van der Waals surface area contributed by atoms with E-state index in [1.54, 1.807) is 0 Å². The Balaban J connectivity index is 1.13. The second kappa shape index (κ2) is 11.8. The zero-order valence-corrected chi connectivity index (χ0v) is 31.4. The molecule has 0 aliphatic rings. The molecule has 0 fully saturated rings. The van der Waals surface area contributed by atoms with Crippen LogP contribution in [-0.4, -0.2) is 18.3 Å². The van der Waals surface area contributed by atoms with E-state index in [-0.39, 0.29) is 0 Å². The van der Waals surface area contributed by atoms with Gasteiger partial charge < -0.3 is 18.3 Å².